The molecule has 3 N–H and O–H groups in total. The molecule has 0 aliphatic heterocycles. The number of aromatic amines is 1. The minimum atomic E-state index is -0.327. The van der Waals surface area contributed by atoms with Gasteiger partial charge in [0.15, 0.2) is 11.6 Å². The lowest BCUT2D eigenvalue weighted by molar-refractivity contribution is 0.0974. The van der Waals surface area contributed by atoms with Crippen LogP contribution in [-0.4, -0.2) is 43.0 Å². The third-order valence-electron chi connectivity index (χ3n) is 5.24. The molecule has 1 unspecified atom stereocenters. The topological polar surface area (TPSA) is 109 Å². The number of fused-ring (bicyclic) bond motifs is 1. The molecule has 0 spiro atoms. The van der Waals surface area contributed by atoms with Crippen molar-refractivity contribution in [2.24, 2.45) is 0 Å². The van der Waals surface area contributed by atoms with E-state index < -0.39 is 0 Å². The Hall–Kier alpha value is -3.10. The highest BCUT2D eigenvalue weighted by Crippen LogP contribution is 2.36. The zero-order chi connectivity index (χ0) is 19.5. The van der Waals surface area contributed by atoms with E-state index in [9.17, 15) is 4.79 Å². The number of nitrogens with zero attached hydrogens (tertiary/aromatic N) is 4. The van der Waals surface area contributed by atoms with Gasteiger partial charge in [0, 0.05) is 36.1 Å². The Labute approximate surface area is 162 Å². The first-order valence-electron chi connectivity index (χ1n) is 9.70. The molecule has 1 aliphatic carbocycles. The fourth-order valence-corrected chi connectivity index (χ4v) is 3.50. The number of rotatable bonds is 6. The number of anilines is 2. The molecule has 3 heterocycles. The van der Waals surface area contributed by atoms with Crippen LogP contribution in [0.15, 0.2) is 30.7 Å². The fourth-order valence-electron chi connectivity index (χ4n) is 3.50. The molecule has 4 rings (SSSR count). The molecule has 148 valence electrons. The van der Waals surface area contributed by atoms with Gasteiger partial charge < -0.3 is 15.4 Å². The summed E-state index contributed by atoms with van der Waals surface area (Å²) in [4.78, 5) is 16.3. The highest BCUT2D eigenvalue weighted by molar-refractivity contribution is 5.71. The third kappa shape index (κ3) is 3.92. The standard InChI is InChI=1S/C19H25N7O2/c1-3-12(2)22-19(27)28-14-5-4-13(10-14)15-11-17(25-24-15)23-18-16-6-7-21-26(16)9-8-20-18/h6-9,11-14H,3-5,10H2,1-2H3,(H,22,27)(H2,20,23,24,25)/t12?,13-,14+/m0/s1. The molecule has 1 aliphatic rings. The third-order valence-corrected chi connectivity index (χ3v) is 5.24. The van der Waals surface area contributed by atoms with E-state index in [4.69, 9.17) is 4.74 Å². The predicted octanol–water partition coefficient (Wildman–Crippen LogP) is 3.36. The van der Waals surface area contributed by atoms with Crippen molar-refractivity contribution in [2.45, 2.75) is 57.6 Å². The monoisotopic (exact) mass is 383 g/mol. The number of amides is 1. The zero-order valence-corrected chi connectivity index (χ0v) is 16.1. The summed E-state index contributed by atoms with van der Waals surface area (Å²) in [5.74, 6) is 1.70. The van der Waals surface area contributed by atoms with Gasteiger partial charge in [-0.3, -0.25) is 5.10 Å². The van der Waals surface area contributed by atoms with Crippen LogP contribution in [-0.2, 0) is 4.74 Å². The summed E-state index contributed by atoms with van der Waals surface area (Å²) in [6, 6.07) is 4.01. The quantitative estimate of drug-likeness (QED) is 0.602. The summed E-state index contributed by atoms with van der Waals surface area (Å²) in [5, 5.41) is 17.8. The summed E-state index contributed by atoms with van der Waals surface area (Å²) in [6.45, 7) is 4.00. The Morgan fingerprint density at radius 3 is 3.18 bits per heavy atom. The second-order valence-electron chi connectivity index (χ2n) is 7.26. The van der Waals surface area contributed by atoms with Crippen LogP contribution in [0.2, 0.25) is 0 Å². The Kier molecular flexibility index (Phi) is 5.14. The van der Waals surface area contributed by atoms with Crippen molar-refractivity contribution in [3.8, 4) is 0 Å². The molecule has 9 nitrogen and oxygen atoms in total. The lowest BCUT2D eigenvalue weighted by Crippen LogP contribution is -2.34. The van der Waals surface area contributed by atoms with Gasteiger partial charge in [-0.1, -0.05) is 6.92 Å². The predicted molar refractivity (Wildman–Crippen MR) is 105 cm³/mol. The molecule has 1 saturated carbocycles. The molecular weight excluding hydrogens is 358 g/mol. The van der Waals surface area contributed by atoms with Gasteiger partial charge in [0.05, 0.1) is 6.20 Å². The van der Waals surface area contributed by atoms with Gasteiger partial charge in [-0.05, 0) is 38.7 Å². The number of H-pyrrole nitrogens is 1. The highest BCUT2D eigenvalue weighted by Gasteiger charge is 2.30. The van der Waals surface area contributed by atoms with Gasteiger partial charge in [-0.25, -0.2) is 14.3 Å². The molecule has 1 amide bonds. The molecular formula is C19H25N7O2. The van der Waals surface area contributed by atoms with Crippen molar-refractivity contribution in [3.63, 3.8) is 0 Å². The van der Waals surface area contributed by atoms with Gasteiger partial charge in [0.2, 0.25) is 0 Å². The molecule has 0 aromatic carbocycles. The molecule has 9 heteroatoms. The van der Waals surface area contributed by atoms with E-state index in [0.717, 1.165) is 36.9 Å². The molecule has 28 heavy (non-hydrogen) atoms. The average molecular weight is 383 g/mol. The van der Waals surface area contributed by atoms with E-state index in [1.807, 2.05) is 26.0 Å². The van der Waals surface area contributed by atoms with E-state index >= 15 is 0 Å². The maximum atomic E-state index is 11.9. The van der Waals surface area contributed by atoms with E-state index in [1.165, 1.54) is 0 Å². The van der Waals surface area contributed by atoms with Crippen molar-refractivity contribution in [1.82, 2.24) is 30.1 Å². The number of hydrogen-bond donors (Lipinski definition) is 3. The second-order valence-corrected chi connectivity index (χ2v) is 7.26. The maximum absolute atomic E-state index is 11.9. The van der Waals surface area contributed by atoms with Crippen molar-refractivity contribution in [2.75, 3.05) is 5.32 Å². The van der Waals surface area contributed by atoms with Crippen LogP contribution in [0, 0.1) is 0 Å². The number of aromatic nitrogens is 5. The average Bonchev–Trinajstić information content (AvgIpc) is 3.42. The minimum Gasteiger partial charge on any atom is -0.446 e. The first-order chi connectivity index (χ1) is 13.6. The summed E-state index contributed by atoms with van der Waals surface area (Å²) >= 11 is 0. The Morgan fingerprint density at radius 1 is 1.43 bits per heavy atom. The fraction of sp³-hybridized carbons (Fsp3) is 0.474. The van der Waals surface area contributed by atoms with E-state index in [0.29, 0.717) is 17.6 Å². The molecule has 0 saturated heterocycles. The number of alkyl carbamates (subject to hydrolysis) is 1. The van der Waals surface area contributed by atoms with Crippen molar-refractivity contribution in [1.29, 1.82) is 0 Å². The van der Waals surface area contributed by atoms with Gasteiger partial charge in [0.1, 0.15) is 11.6 Å². The normalized spacial score (nSPS) is 20.2. The largest absolute Gasteiger partial charge is 0.446 e. The van der Waals surface area contributed by atoms with Crippen LogP contribution in [0.3, 0.4) is 0 Å². The SMILES string of the molecule is CCC(C)NC(=O)O[C@@H]1CC[C@H](c2cc(Nc3nccn4nccc34)n[nH]2)C1. The number of nitrogens with one attached hydrogen (secondary N) is 3. The van der Waals surface area contributed by atoms with Gasteiger partial charge >= 0.3 is 6.09 Å². The Balaban J connectivity index is 1.36. The number of ether oxygens (including phenoxy) is 1. The van der Waals surface area contributed by atoms with Crippen LogP contribution in [0.25, 0.3) is 5.52 Å². The maximum Gasteiger partial charge on any atom is 0.407 e. The Bertz CT molecular complexity index is 951. The van der Waals surface area contributed by atoms with Crippen LogP contribution < -0.4 is 10.6 Å². The van der Waals surface area contributed by atoms with Crippen molar-refractivity contribution in [3.05, 3.63) is 36.4 Å². The summed E-state index contributed by atoms with van der Waals surface area (Å²) in [5.41, 5.74) is 1.92. The number of hydrogen-bond acceptors (Lipinski definition) is 6. The van der Waals surface area contributed by atoms with Gasteiger partial charge in [-0.15, -0.1) is 0 Å². The molecule has 3 aromatic rings. The Morgan fingerprint density at radius 2 is 2.32 bits per heavy atom. The van der Waals surface area contributed by atoms with Gasteiger partial charge in [0.25, 0.3) is 0 Å². The first kappa shape index (κ1) is 18.3. The molecule has 0 radical (unpaired) electrons. The second kappa shape index (κ2) is 7.87. The smallest absolute Gasteiger partial charge is 0.407 e. The van der Waals surface area contributed by atoms with E-state index in [-0.39, 0.29) is 18.2 Å². The molecule has 0 bridgehead atoms. The molecule has 3 atom stereocenters. The summed E-state index contributed by atoms with van der Waals surface area (Å²) in [6.07, 6.45) is 8.33. The van der Waals surface area contributed by atoms with Gasteiger partial charge in [-0.2, -0.15) is 10.2 Å². The lowest BCUT2D eigenvalue weighted by Gasteiger charge is -2.16. The van der Waals surface area contributed by atoms with Crippen LogP contribution in [0.5, 0.6) is 0 Å². The summed E-state index contributed by atoms with van der Waals surface area (Å²) < 4.78 is 7.31. The van der Waals surface area contributed by atoms with Crippen LogP contribution in [0.1, 0.15) is 51.1 Å². The molecule has 1 fully saturated rings. The summed E-state index contributed by atoms with van der Waals surface area (Å²) in [7, 11) is 0. The van der Waals surface area contributed by atoms with E-state index in [2.05, 4.69) is 30.9 Å². The zero-order valence-electron chi connectivity index (χ0n) is 16.1. The van der Waals surface area contributed by atoms with Crippen LogP contribution in [0.4, 0.5) is 16.4 Å². The van der Waals surface area contributed by atoms with Crippen molar-refractivity contribution >= 4 is 23.2 Å². The number of carbonyl (C=O) groups is 1. The highest BCUT2D eigenvalue weighted by atomic mass is 16.6. The number of carbonyl (C=O) groups excluding carboxylic acids is 1. The van der Waals surface area contributed by atoms with E-state index in [1.54, 1.807) is 23.1 Å². The van der Waals surface area contributed by atoms with Crippen LogP contribution >= 0.6 is 0 Å². The lowest BCUT2D eigenvalue weighted by atomic mass is 10.0. The minimum absolute atomic E-state index is 0.0593. The molecule has 3 aromatic heterocycles. The van der Waals surface area contributed by atoms with Crippen molar-refractivity contribution < 1.29 is 9.53 Å². The first-order valence-corrected chi connectivity index (χ1v) is 9.70.